The minimum Gasteiger partial charge on any atom is -0.449 e. The molecule has 0 saturated carbocycles. The number of carbonyl (C=O) groups is 1. The summed E-state index contributed by atoms with van der Waals surface area (Å²) in [5, 5.41) is 9.10. The van der Waals surface area contributed by atoms with Crippen molar-refractivity contribution in [1.29, 1.82) is 0 Å². The Kier molecular flexibility index (Phi) is 8.20. The van der Waals surface area contributed by atoms with Crippen LogP contribution in [-0.2, 0) is 12.8 Å². The van der Waals surface area contributed by atoms with Gasteiger partial charge in [-0.05, 0) is 42.0 Å². The van der Waals surface area contributed by atoms with Crippen LogP contribution in [0.3, 0.4) is 0 Å². The van der Waals surface area contributed by atoms with Crippen molar-refractivity contribution < 1.29 is 14.6 Å². The lowest BCUT2D eigenvalue weighted by atomic mass is 9.91. The summed E-state index contributed by atoms with van der Waals surface area (Å²) >= 11 is 0. The molecule has 0 fully saturated rings. The molecule has 0 aromatic heterocycles. The van der Waals surface area contributed by atoms with Crippen LogP contribution in [0, 0.1) is 0 Å². The van der Waals surface area contributed by atoms with Crippen LogP contribution in [0.5, 0.6) is 5.75 Å². The molecule has 0 atom stereocenters. The highest BCUT2D eigenvalue weighted by Gasteiger charge is 2.15. The van der Waals surface area contributed by atoms with Crippen molar-refractivity contribution in [3.63, 3.8) is 0 Å². The predicted octanol–water partition coefficient (Wildman–Crippen LogP) is 6.88. The normalized spacial score (nSPS) is 10.7. The van der Waals surface area contributed by atoms with Gasteiger partial charge in [-0.25, -0.2) is 4.79 Å². The topological polar surface area (TPSA) is 46.5 Å². The fourth-order valence-corrected chi connectivity index (χ4v) is 3.44. The maximum absolute atomic E-state index is 11.1. The van der Waals surface area contributed by atoms with Crippen molar-refractivity contribution in [3.8, 4) is 16.9 Å². The molecule has 0 aliphatic rings. The number of ether oxygens (including phenoxy) is 1. The Morgan fingerprint density at radius 1 is 0.885 bits per heavy atom. The Hall–Kier alpha value is -2.29. The summed E-state index contributed by atoms with van der Waals surface area (Å²) in [5.74, 6) is 0.467. The van der Waals surface area contributed by atoms with E-state index in [1.807, 2.05) is 18.2 Å². The number of hydrogen-bond acceptors (Lipinski definition) is 2. The van der Waals surface area contributed by atoms with Crippen molar-refractivity contribution in [1.82, 2.24) is 0 Å². The minimum atomic E-state index is -1.25. The Morgan fingerprint density at radius 3 is 2.31 bits per heavy atom. The van der Waals surface area contributed by atoms with Crippen molar-refractivity contribution in [2.24, 2.45) is 0 Å². The zero-order chi connectivity index (χ0) is 18.8. The Labute approximate surface area is 157 Å². The van der Waals surface area contributed by atoms with Gasteiger partial charge in [-0.15, -0.1) is 0 Å². The summed E-state index contributed by atoms with van der Waals surface area (Å²) < 4.78 is 5.09. The summed E-state index contributed by atoms with van der Waals surface area (Å²) in [7, 11) is 0. The zero-order valence-corrected chi connectivity index (χ0v) is 16.0. The SMILES string of the molecule is CCCCCCCCc1c(OC(=O)O)cccc1-c1ccccc1CC. The van der Waals surface area contributed by atoms with Gasteiger partial charge in [-0.2, -0.15) is 0 Å². The van der Waals surface area contributed by atoms with Crippen molar-refractivity contribution >= 4 is 6.16 Å². The molecule has 0 spiro atoms. The first-order chi connectivity index (χ1) is 12.7. The van der Waals surface area contributed by atoms with Crippen LogP contribution < -0.4 is 4.74 Å². The van der Waals surface area contributed by atoms with Gasteiger partial charge in [0.05, 0.1) is 0 Å². The maximum atomic E-state index is 11.1. The molecule has 0 aliphatic heterocycles. The molecule has 26 heavy (non-hydrogen) atoms. The minimum absolute atomic E-state index is 0.467. The lowest BCUT2D eigenvalue weighted by molar-refractivity contribution is 0.144. The lowest BCUT2D eigenvalue weighted by Crippen LogP contribution is -2.06. The highest BCUT2D eigenvalue weighted by molar-refractivity contribution is 5.74. The molecule has 140 valence electrons. The molecule has 0 bridgehead atoms. The van der Waals surface area contributed by atoms with Gasteiger partial charge in [0.25, 0.3) is 0 Å². The molecule has 0 aliphatic carbocycles. The molecule has 0 amide bonds. The second kappa shape index (κ2) is 10.6. The number of hydrogen-bond donors (Lipinski definition) is 1. The number of rotatable bonds is 10. The largest absolute Gasteiger partial charge is 0.511 e. The second-order valence-electron chi connectivity index (χ2n) is 6.68. The van der Waals surface area contributed by atoms with E-state index in [0.29, 0.717) is 5.75 Å². The molecule has 0 saturated heterocycles. The molecule has 2 rings (SSSR count). The molecule has 0 radical (unpaired) electrons. The molecule has 1 N–H and O–H groups in total. The highest BCUT2D eigenvalue weighted by Crippen LogP contribution is 2.34. The number of benzene rings is 2. The number of unbranched alkanes of at least 4 members (excludes halogenated alkanes) is 5. The molecular weight excluding hydrogens is 324 g/mol. The van der Waals surface area contributed by atoms with Gasteiger partial charge >= 0.3 is 6.16 Å². The quantitative estimate of drug-likeness (QED) is 0.287. The molecule has 3 nitrogen and oxygen atoms in total. The maximum Gasteiger partial charge on any atom is 0.511 e. The molecule has 3 heteroatoms. The monoisotopic (exact) mass is 354 g/mol. The van der Waals surface area contributed by atoms with Crippen LogP contribution in [0.25, 0.3) is 11.1 Å². The van der Waals surface area contributed by atoms with Crippen LogP contribution in [0.1, 0.15) is 63.5 Å². The van der Waals surface area contributed by atoms with Crippen LogP contribution >= 0.6 is 0 Å². The standard InChI is InChI=1S/C23H30O3/c1-3-5-6-7-8-9-15-21-20(16-12-17-22(21)26-23(24)25)19-14-11-10-13-18(19)4-2/h10-14,16-17H,3-9,15H2,1-2H3,(H,24,25). The van der Waals surface area contributed by atoms with Crippen molar-refractivity contribution in [3.05, 3.63) is 53.6 Å². The van der Waals surface area contributed by atoms with Crippen molar-refractivity contribution in [2.75, 3.05) is 0 Å². The van der Waals surface area contributed by atoms with E-state index in [0.717, 1.165) is 36.8 Å². The van der Waals surface area contributed by atoms with Gasteiger partial charge in [0, 0.05) is 5.56 Å². The van der Waals surface area contributed by atoms with E-state index < -0.39 is 6.16 Å². The first-order valence-electron chi connectivity index (χ1n) is 9.78. The van der Waals surface area contributed by atoms with E-state index in [1.165, 1.54) is 36.8 Å². The summed E-state index contributed by atoms with van der Waals surface area (Å²) in [6.07, 6.45) is 7.77. The van der Waals surface area contributed by atoms with Gasteiger partial charge in [0.15, 0.2) is 0 Å². The van der Waals surface area contributed by atoms with Gasteiger partial charge in [-0.3, -0.25) is 0 Å². The van der Waals surface area contributed by atoms with E-state index >= 15 is 0 Å². The summed E-state index contributed by atoms with van der Waals surface area (Å²) in [6, 6.07) is 14.1. The Balaban J connectivity index is 2.27. The van der Waals surface area contributed by atoms with Crippen LogP contribution in [0.2, 0.25) is 0 Å². The van der Waals surface area contributed by atoms with Crippen LogP contribution in [0.15, 0.2) is 42.5 Å². The summed E-state index contributed by atoms with van der Waals surface area (Å²) in [4.78, 5) is 11.1. The fourth-order valence-electron chi connectivity index (χ4n) is 3.44. The van der Waals surface area contributed by atoms with E-state index in [-0.39, 0.29) is 0 Å². The third-order valence-corrected chi connectivity index (χ3v) is 4.80. The van der Waals surface area contributed by atoms with E-state index in [4.69, 9.17) is 9.84 Å². The first kappa shape index (κ1) is 20.0. The lowest BCUT2D eigenvalue weighted by Gasteiger charge is -2.16. The third-order valence-electron chi connectivity index (χ3n) is 4.80. The van der Waals surface area contributed by atoms with Gasteiger partial charge < -0.3 is 9.84 Å². The Morgan fingerprint density at radius 2 is 1.58 bits per heavy atom. The predicted molar refractivity (Wildman–Crippen MR) is 107 cm³/mol. The average molecular weight is 354 g/mol. The number of carboxylic acid groups (broad SMARTS) is 1. The molecule has 2 aromatic carbocycles. The van der Waals surface area contributed by atoms with E-state index in [9.17, 15) is 4.79 Å². The zero-order valence-electron chi connectivity index (χ0n) is 16.0. The van der Waals surface area contributed by atoms with Crippen LogP contribution in [-0.4, -0.2) is 11.3 Å². The number of aryl methyl sites for hydroxylation is 1. The van der Waals surface area contributed by atoms with Gasteiger partial charge in [0.2, 0.25) is 0 Å². The molecule has 0 heterocycles. The molecular formula is C23H30O3. The molecule has 0 unspecified atom stereocenters. The highest BCUT2D eigenvalue weighted by atomic mass is 16.7. The Bertz CT molecular complexity index is 706. The van der Waals surface area contributed by atoms with Crippen molar-refractivity contribution in [2.45, 2.75) is 65.2 Å². The summed E-state index contributed by atoms with van der Waals surface area (Å²) in [6.45, 7) is 4.36. The first-order valence-corrected chi connectivity index (χ1v) is 9.78. The fraction of sp³-hybridized carbons (Fsp3) is 0.435. The smallest absolute Gasteiger partial charge is 0.449 e. The van der Waals surface area contributed by atoms with E-state index in [1.54, 1.807) is 6.07 Å². The molecule has 2 aromatic rings. The van der Waals surface area contributed by atoms with Gasteiger partial charge in [0.1, 0.15) is 5.75 Å². The average Bonchev–Trinajstić information content (AvgIpc) is 2.65. The van der Waals surface area contributed by atoms with E-state index in [2.05, 4.69) is 32.0 Å². The van der Waals surface area contributed by atoms with Gasteiger partial charge in [-0.1, -0.05) is 82.3 Å². The van der Waals surface area contributed by atoms with Crippen LogP contribution in [0.4, 0.5) is 4.79 Å². The summed E-state index contributed by atoms with van der Waals surface area (Å²) in [5.41, 5.74) is 4.54. The second-order valence-corrected chi connectivity index (χ2v) is 6.68. The third kappa shape index (κ3) is 5.62.